The molecule has 4 aromatic rings. The second-order valence-corrected chi connectivity index (χ2v) is 7.05. The van der Waals surface area contributed by atoms with Gasteiger partial charge in [0.1, 0.15) is 12.4 Å². The van der Waals surface area contributed by atoms with Crippen LogP contribution >= 0.6 is 0 Å². The summed E-state index contributed by atoms with van der Waals surface area (Å²) in [5, 5.41) is 13.9. The van der Waals surface area contributed by atoms with Crippen LogP contribution in [0.25, 0.3) is 11.4 Å². The van der Waals surface area contributed by atoms with Crippen LogP contribution in [0.1, 0.15) is 28.4 Å². The molecule has 3 aromatic carbocycles. The first-order chi connectivity index (χ1) is 15.2. The van der Waals surface area contributed by atoms with Crippen LogP contribution in [-0.4, -0.2) is 38.0 Å². The van der Waals surface area contributed by atoms with E-state index in [1.807, 2.05) is 78.6 Å². The van der Waals surface area contributed by atoms with Crippen molar-refractivity contribution in [1.29, 1.82) is 0 Å². The van der Waals surface area contributed by atoms with Crippen LogP contribution in [0, 0.1) is 0 Å². The molecule has 7 heteroatoms. The molecule has 31 heavy (non-hydrogen) atoms. The summed E-state index contributed by atoms with van der Waals surface area (Å²) < 4.78 is 5.84. The van der Waals surface area contributed by atoms with E-state index >= 15 is 0 Å². The number of ether oxygens (including phenoxy) is 1. The zero-order valence-corrected chi connectivity index (χ0v) is 17.2. The van der Waals surface area contributed by atoms with Crippen molar-refractivity contribution in [3.63, 3.8) is 0 Å². The minimum absolute atomic E-state index is 0.0217. The predicted octanol–water partition coefficient (Wildman–Crippen LogP) is 4.11. The molecule has 4 rings (SSSR count). The van der Waals surface area contributed by atoms with Crippen molar-refractivity contribution in [2.24, 2.45) is 0 Å². The van der Waals surface area contributed by atoms with Crippen LogP contribution in [0.15, 0.2) is 78.9 Å². The lowest BCUT2D eigenvalue weighted by Crippen LogP contribution is -2.30. The highest BCUT2D eigenvalue weighted by Crippen LogP contribution is 2.18. The number of aromatic amines is 1. The number of amides is 1. The molecule has 0 atom stereocenters. The highest BCUT2D eigenvalue weighted by atomic mass is 16.5. The van der Waals surface area contributed by atoms with Gasteiger partial charge in [-0.2, -0.15) is 5.21 Å². The smallest absolute Gasteiger partial charge is 0.254 e. The molecule has 0 aliphatic heterocycles. The summed E-state index contributed by atoms with van der Waals surface area (Å²) in [6, 6.07) is 25.2. The van der Waals surface area contributed by atoms with Gasteiger partial charge in [0.15, 0.2) is 0 Å². The number of H-pyrrole nitrogens is 1. The molecule has 0 bridgehead atoms. The number of tetrazole rings is 1. The first-order valence-corrected chi connectivity index (χ1v) is 10.1. The summed E-state index contributed by atoms with van der Waals surface area (Å²) in [6.45, 7) is 3.64. The molecule has 0 aliphatic rings. The maximum Gasteiger partial charge on any atom is 0.254 e. The maximum atomic E-state index is 13.0. The molecule has 156 valence electrons. The molecule has 1 amide bonds. The van der Waals surface area contributed by atoms with Crippen LogP contribution in [0.5, 0.6) is 5.75 Å². The standard InChI is InChI=1S/C24H23N5O2/c1-2-29(24(30)21-12-10-20(11-13-21)23-25-27-28-26-23)16-18-8-14-22(15-9-18)31-17-19-6-4-3-5-7-19/h3-15H,2,16-17H2,1H3,(H,25,26,27,28). The lowest BCUT2D eigenvalue weighted by atomic mass is 10.1. The van der Waals surface area contributed by atoms with E-state index < -0.39 is 0 Å². The number of carbonyl (C=O) groups is 1. The molecule has 1 aromatic heterocycles. The molecule has 0 fully saturated rings. The third-order valence-corrected chi connectivity index (χ3v) is 4.95. The summed E-state index contributed by atoms with van der Waals surface area (Å²) in [5.74, 6) is 1.28. The highest BCUT2D eigenvalue weighted by molar-refractivity contribution is 5.94. The van der Waals surface area contributed by atoms with E-state index in [1.165, 1.54) is 0 Å². The fraction of sp³-hybridized carbons (Fsp3) is 0.167. The first kappa shape index (κ1) is 20.3. The van der Waals surface area contributed by atoms with Crippen LogP contribution in [0.2, 0.25) is 0 Å². The largest absolute Gasteiger partial charge is 0.489 e. The first-order valence-electron chi connectivity index (χ1n) is 10.1. The molecule has 0 aliphatic carbocycles. The number of carbonyl (C=O) groups excluding carboxylic acids is 1. The Morgan fingerprint density at radius 2 is 1.68 bits per heavy atom. The number of hydrogen-bond donors (Lipinski definition) is 1. The van der Waals surface area contributed by atoms with Crippen LogP contribution in [0.4, 0.5) is 0 Å². The Morgan fingerprint density at radius 3 is 2.32 bits per heavy atom. The van der Waals surface area contributed by atoms with Gasteiger partial charge in [0, 0.05) is 24.2 Å². The zero-order valence-electron chi connectivity index (χ0n) is 17.2. The van der Waals surface area contributed by atoms with Crippen molar-refractivity contribution in [1.82, 2.24) is 25.5 Å². The second-order valence-electron chi connectivity index (χ2n) is 7.05. The summed E-state index contributed by atoms with van der Waals surface area (Å²) in [5.41, 5.74) is 3.60. The Hall–Kier alpha value is -4.00. The molecule has 0 unspecified atom stereocenters. The van der Waals surface area contributed by atoms with E-state index in [4.69, 9.17) is 4.74 Å². The number of rotatable bonds is 8. The van der Waals surface area contributed by atoms with Gasteiger partial charge in [-0.3, -0.25) is 4.79 Å². The zero-order chi connectivity index (χ0) is 21.5. The van der Waals surface area contributed by atoms with Gasteiger partial charge in [0.25, 0.3) is 5.91 Å². The summed E-state index contributed by atoms with van der Waals surface area (Å²) in [7, 11) is 0. The van der Waals surface area contributed by atoms with Crippen molar-refractivity contribution in [2.45, 2.75) is 20.1 Å². The van der Waals surface area contributed by atoms with Crippen molar-refractivity contribution in [3.8, 4) is 17.1 Å². The quantitative estimate of drug-likeness (QED) is 0.470. The lowest BCUT2D eigenvalue weighted by Gasteiger charge is -2.21. The lowest BCUT2D eigenvalue weighted by molar-refractivity contribution is 0.0752. The van der Waals surface area contributed by atoms with Crippen molar-refractivity contribution >= 4 is 5.91 Å². The van der Waals surface area contributed by atoms with E-state index in [9.17, 15) is 4.79 Å². The maximum absolute atomic E-state index is 13.0. The van der Waals surface area contributed by atoms with Gasteiger partial charge in [0.2, 0.25) is 5.82 Å². The number of nitrogens with zero attached hydrogens (tertiary/aromatic N) is 4. The van der Waals surface area contributed by atoms with Gasteiger partial charge in [-0.15, -0.1) is 10.2 Å². The summed E-state index contributed by atoms with van der Waals surface area (Å²) >= 11 is 0. The molecular formula is C24H23N5O2. The minimum Gasteiger partial charge on any atom is -0.489 e. The Labute approximate surface area is 180 Å². The fourth-order valence-electron chi connectivity index (χ4n) is 3.21. The second kappa shape index (κ2) is 9.67. The Morgan fingerprint density at radius 1 is 0.935 bits per heavy atom. The molecule has 0 radical (unpaired) electrons. The van der Waals surface area contributed by atoms with E-state index in [-0.39, 0.29) is 5.91 Å². The normalized spacial score (nSPS) is 10.6. The average Bonchev–Trinajstić information content (AvgIpc) is 3.37. The topological polar surface area (TPSA) is 84.0 Å². The fourth-order valence-corrected chi connectivity index (χ4v) is 3.21. The molecule has 0 spiro atoms. The molecule has 0 saturated carbocycles. The van der Waals surface area contributed by atoms with Gasteiger partial charge < -0.3 is 9.64 Å². The molecule has 0 saturated heterocycles. The Bertz CT molecular complexity index is 1100. The van der Waals surface area contributed by atoms with Crippen molar-refractivity contribution in [3.05, 3.63) is 95.6 Å². The Kier molecular flexibility index (Phi) is 6.32. The summed E-state index contributed by atoms with van der Waals surface area (Å²) in [6.07, 6.45) is 0. The monoisotopic (exact) mass is 413 g/mol. The number of nitrogens with one attached hydrogen (secondary N) is 1. The number of aromatic nitrogens is 4. The molecular weight excluding hydrogens is 390 g/mol. The molecule has 7 nitrogen and oxygen atoms in total. The SMILES string of the molecule is CCN(Cc1ccc(OCc2ccccc2)cc1)C(=O)c1ccc(-c2nn[nH]n2)cc1. The third kappa shape index (κ3) is 5.14. The van der Waals surface area contributed by atoms with Gasteiger partial charge in [0.05, 0.1) is 0 Å². The van der Waals surface area contributed by atoms with Crippen molar-refractivity contribution in [2.75, 3.05) is 6.54 Å². The van der Waals surface area contributed by atoms with Crippen LogP contribution < -0.4 is 4.74 Å². The highest BCUT2D eigenvalue weighted by Gasteiger charge is 2.15. The van der Waals surface area contributed by atoms with Crippen LogP contribution in [-0.2, 0) is 13.2 Å². The van der Waals surface area contributed by atoms with Gasteiger partial charge in [-0.25, -0.2) is 0 Å². The van der Waals surface area contributed by atoms with Gasteiger partial charge in [-0.05, 0) is 47.5 Å². The average molecular weight is 413 g/mol. The Balaban J connectivity index is 1.37. The summed E-state index contributed by atoms with van der Waals surface area (Å²) in [4.78, 5) is 14.8. The van der Waals surface area contributed by atoms with Gasteiger partial charge in [-0.1, -0.05) is 54.6 Å². The third-order valence-electron chi connectivity index (χ3n) is 4.95. The molecule has 1 heterocycles. The number of benzene rings is 3. The van der Waals surface area contributed by atoms with E-state index in [1.54, 1.807) is 12.1 Å². The number of hydrogen-bond acceptors (Lipinski definition) is 5. The molecule has 1 N–H and O–H groups in total. The minimum atomic E-state index is -0.0217. The van der Waals surface area contributed by atoms with E-state index in [2.05, 4.69) is 20.6 Å². The van der Waals surface area contributed by atoms with E-state index in [0.717, 1.165) is 22.4 Å². The van der Waals surface area contributed by atoms with Crippen molar-refractivity contribution < 1.29 is 9.53 Å². The predicted molar refractivity (Wildman–Crippen MR) is 117 cm³/mol. The van der Waals surface area contributed by atoms with E-state index in [0.29, 0.717) is 31.1 Å². The van der Waals surface area contributed by atoms with Crippen LogP contribution in [0.3, 0.4) is 0 Å². The van der Waals surface area contributed by atoms with Gasteiger partial charge >= 0.3 is 0 Å².